The molecule has 0 aliphatic rings. The summed E-state index contributed by atoms with van der Waals surface area (Å²) < 4.78 is 32.1. The number of carbonyl (C=O) groups is 1. The Morgan fingerprint density at radius 2 is 1.76 bits per heavy atom. The first kappa shape index (κ1) is 15.0. The van der Waals surface area contributed by atoms with Crippen molar-refractivity contribution in [1.82, 2.24) is 0 Å². The third-order valence-corrected chi connectivity index (χ3v) is 3.08. The first-order valence-corrected chi connectivity index (χ1v) is 6.41. The van der Waals surface area contributed by atoms with Crippen LogP contribution in [0, 0.1) is 25.5 Å². The Labute approximate surface area is 121 Å². The average Bonchev–Trinajstić information content (AvgIpc) is 2.44. The Morgan fingerprint density at radius 3 is 2.38 bits per heavy atom. The number of para-hydroxylation sites is 1. The van der Waals surface area contributed by atoms with Crippen LogP contribution in [-0.2, 0) is 4.79 Å². The van der Waals surface area contributed by atoms with Gasteiger partial charge in [-0.25, -0.2) is 8.78 Å². The molecule has 2 aromatic rings. The maximum Gasteiger partial charge on any atom is 0.262 e. The number of carbonyl (C=O) groups excluding carboxylic acids is 1. The molecule has 0 bridgehead atoms. The molecule has 0 saturated heterocycles. The molecule has 0 aliphatic carbocycles. The molecule has 0 spiro atoms. The summed E-state index contributed by atoms with van der Waals surface area (Å²) in [5.41, 5.74) is 1.68. The van der Waals surface area contributed by atoms with Gasteiger partial charge in [0.1, 0.15) is 23.1 Å². The summed E-state index contributed by atoms with van der Waals surface area (Å²) in [7, 11) is 0. The molecule has 2 rings (SSSR count). The second-order valence-electron chi connectivity index (χ2n) is 4.68. The summed E-state index contributed by atoms with van der Waals surface area (Å²) in [6, 6.07) is 8.78. The number of ether oxygens (including phenoxy) is 1. The van der Waals surface area contributed by atoms with Crippen molar-refractivity contribution in [3.8, 4) is 5.75 Å². The number of hydrogen-bond donors (Lipinski definition) is 1. The van der Waals surface area contributed by atoms with E-state index in [1.54, 1.807) is 12.1 Å². The first-order valence-electron chi connectivity index (χ1n) is 6.41. The normalized spacial score (nSPS) is 10.3. The number of nitrogens with one attached hydrogen (secondary N) is 1. The minimum absolute atomic E-state index is 0.323. The highest BCUT2D eigenvalue weighted by Crippen LogP contribution is 2.19. The highest BCUT2D eigenvalue weighted by Gasteiger charge is 2.12. The summed E-state index contributed by atoms with van der Waals surface area (Å²) in [5, 5.41) is 2.16. The number of halogens is 2. The number of hydrogen-bond acceptors (Lipinski definition) is 2. The van der Waals surface area contributed by atoms with Gasteiger partial charge < -0.3 is 10.1 Å². The largest absolute Gasteiger partial charge is 0.484 e. The van der Waals surface area contributed by atoms with Gasteiger partial charge >= 0.3 is 0 Å². The van der Waals surface area contributed by atoms with Gasteiger partial charge in [-0.2, -0.15) is 0 Å². The summed E-state index contributed by atoms with van der Waals surface area (Å²) >= 11 is 0. The van der Waals surface area contributed by atoms with E-state index in [1.165, 1.54) is 6.07 Å². The van der Waals surface area contributed by atoms with Gasteiger partial charge in [0.15, 0.2) is 6.61 Å². The van der Waals surface area contributed by atoms with Crippen molar-refractivity contribution in [2.45, 2.75) is 13.8 Å². The Balaban J connectivity index is 1.97. The van der Waals surface area contributed by atoms with Crippen LogP contribution >= 0.6 is 0 Å². The number of aryl methyl sites for hydroxylation is 2. The molecule has 110 valence electrons. The second kappa shape index (κ2) is 6.35. The van der Waals surface area contributed by atoms with Crippen molar-refractivity contribution in [3.05, 3.63) is 59.2 Å². The Kier molecular flexibility index (Phi) is 4.52. The lowest BCUT2D eigenvalue weighted by Crippen LogP contribution is -2.21. The van der Waals surface area contributed by atoms with Crippen molar-refractivity contribution >= 4 is 11.6 Å². The molecule has 0 saturated carbocycles. The maximum atomic E-state index is 13.4. The summed E-state index contributed by atoms with van der Waals surface area (Å²) in [6.45, 7) is 3.57. The smallest absolute Gasteiger partial charge is 0.262 e. The summed E-state index contributed by atoms with van der Waals surface area (Å²) in [4.78, 5) is 11.7. The predicted octanol–water partition coefficient (Wildman–Crippen LogP) is 3.60. The van der Waals surface area contributed by atoms with Crippen LogP contribution in [0.4, 0.5) is 14.5 Å². The minimum atomic E-state index is -0.825. The molecule has 0 aliphatic heterocycles. The third kappa shape index (κ3) is 3.78. The molecule has 1 N–H and O–H groups in total. The van der Waals surface area contributed by atoms with Crippen LogP contribution in [0.2, 0.25) is 0 Å². The summed E-state index contributed by atoms with van der Waals surface area (Å²) in [5.74, 6) is -1.75. The molecule has 2 aromatic carbocycles. The quantitative estimate of drug-likeness (QED) is 0.934. The topological polar surface area (TPSA) is 38.3 Å². The number of benzene rings is 2. The molecule has 3 nitrogen and oxygen atoms in total. The molecule has 0 atom stereocenters. The van der Waals surface area contributed by atoms with E-state index in [1.807, 2.05) is 19.9 Å². The van der Waals surface area contributed by atoms with Gasteiger partial charge in [-0.3, -0.25) is 4.79 Å². The monoisotopic (exact) mass is 291 g/mol. The van der Waals surface area contributed by atoms with E-state index in [9.17, 15) is 13.6 Å². The highest BCUT2D eigenvalue weighted by molar-refractivity contribution is 5.92. The van der Waals surface area contributed by atoms with Gasteiger partial charge in [0.25, 0.3) is 5.91 Å². The molecule has 0 unspecified atom stereocenters. The zero-order valence-corrected chi connectivity index (χ0v) is 11.7. The van der Waals surface area contributed by atoms with Gasteiger partial charge in [0.05, 0.1) is 0 Å². The minimum Gasteiger partial charge on any atom is -0.484 e. The van der Waals surface area contributed by atoms with Crippen molar-refractivity contribution in [1.29, 1.82) is 0 Å². The van der Waals surface area contributed by atoms with Crippen LogP contribution in [-0.4, -0.2) is 12.5 Å². The SMILES string of the molecule is Cc1ccc(OCC(=O)Nc2c(F)cccc2F)cc1C. The van der Waals surface area contributed by atoms with Crippen LogP contribution in [0.1, 0.15) is 11.1 Å². The van der Waals surface area contributed by atoms with E-state index in [-0.39, 0.29) is 6.61 Å². The lowest BCUT2D eigenvalue weighted by atomic mass is 10.1. The fourth-order valence-corrected chi connectivity index (χ4v) is 1.75. The lowest BCUT2D eigenvalue weighted by Gasteiger charge is -2.10. The Morgan fingerprint density at radius 1 is 1.10 bits per heavy atom. The fraction of sp³-hybridized carbons (Fsp3) is 0.188. The Bertz CT molecular complexity index is 651. The van der Waals surface area contributed by atoms with E-state index in [0.29, 0.717) is 5.75 Å². The van der Waals surface area contributed by atoms with Gasteiger partial charge in [-0.05, 0) is 49.2 Å². The molecule has 21 heavy (non-hydrogen) atoms. The fourth-order valence-electron chi connectivity index (χ4n) is 1.75. The van der Waals surface area contributed by atoms with Crippen LogP contribution < -0.4 is 10.1 Å². The molecule has 0 aromatic heterocycles. The highest BCUT2D eigenvalue weighted by atomic mass is 19.1. The van der Waals surface area contributed by atoms with Gasteiger partial charge in [-0.15, -0.1) is 0 Å². The molecular weight excluding hydrogens is 276 g/mol. The van der Waals surface area contributed by atoms with Crippen LogP contribution in [0.3, 0.4) is 0 Å². The van der Waals surface area contributed by atoms with Crippen LogP contribution in [0.25, 0.3) is 0 Å². The molecule has 5 heteroatoms. The van der Waals surface area contributed by atoms with E-state index >= 15 is 0 Å². The number of rotatable bonds is 4. The zero-order chi connectivity index (χ0) is 15.4. The standard InChI is InChI=1S/C16H15F2NO2/c1-10-6-7-12(8-11(10)2)21-9-15(20)19-16-13(17)4-3-5-14(16)18/h3-8H,9H2,1-2H3,(H,19,20). The second-order valence-corrected chi connectivity index (χ2v) is 4.68. The molecule has 0 radical (unpaired) electrons. The number of anilines is 1. The molecule has 1 amide bonds. The Hall–Kier alpha value is -2.43. The van der Waals surface area contributed by atoms with Crippen molar-refractivity contribution in [2.75, 3.05) is 11.9 Å². The van der Waals surface area contributed by atoms with Crippen molar-refractivity contribution in [3.63, 3.8) is 0 Å². The third-order valence-electron chi connectivity index (χ3n) is 3.08. The van der Waals surface area contributed by atoms with E-state index in [2.05, 4.69) is 5.32 Å². The average molecular weight is 291 g/mol. The number of amides is 1. The molecule has 0 fully saturated rings. The van der Waals surface area contributed by atoms with Crippen molar-refractivity contribution in [2.24, 2.45) is 0 Å². The van der Waals surface area contributed by atoms with Gasteiger partial charge in [-0.1, -0.05) is 12.1 Å². The van der Waals surface area contributed by atoms with Gasteiger partial charge in [0.2, 0.25) is 0 Å². The van der Waals surface area contributed by atoms with E-state index in [0.717, 1.165) is 23.3 Å². The lowest BCUT2D eigenvalue weighted by molar-refractivity contribution is -0.118. The van der Waals surface area contributed by atoms with E-state index in [4.69, 9.17) is 4.74 Å². The van der Waals surface area contributed by atoms with Crippen LogP contribution in [0.5, 0.6) is 5.75 Å². The van der Waals surface area contributed by atoms with Crippen LogP contribution in [0.15, 0.2) is 36.4 Å². The zero-order valence-electron chi connectivity index (χ0n) is 11.7. The predicted molar refractivity (Wildman–Crippen MR) is 76.4 cm³/mol. The summed E-state index contributed by atoms with van der Waals surface area (Å²) in [6.07, 6.45) is 0. The maximum absolute atomic E-state index is 13.4. The van der Waals surface area contributed by atoms with Crippen molar-refractivity contribution < 1.29 is 18.3 Å². The molecule has 0 heterocycles. The molecular formula is C16H15F2NO2. The van der Waals surface area contributed by atoms with Gasteiger partial charge in [0, 0.05) is 0 Å². The first-order chi connectivity index (χ1) is 9.97. The van der Waals surface area contributed by atoms with E-state index < -0.39 is 23.2 Å².